The minimum absolute atomic E-state index is 0.0248. The summed E-state index contributed by atoms with van der Waals surface area (Å²) < 4.78 is 17.0. The fraction of sp³-hybridized carbons (Fsp3) is 0.319. The number of carbonyl (C=O) groups is 2. The number of amides is 1. The summed E-state index contributed by atoms with van der Waals surface area (Å²) >= 11 is 0. The molecule has 0 spiro atoms. The molecule has 6 aromatic rings. The van der Waals surface area contributed by atoms with Crippen LogP contribution in [0.25, 0.3) is 22.5 Å². The van der Waals surface area contributed by atoms with E-state index >= 15 is 0 Å². The number of aryl methyl sites for hydroxylation is 2. The third kappa shape index (κ3) is 8.80. The van der Waals surface area contributed by atoms with Crippen LogP contribution in [0.4, 0.5) is 0 Å². The number of nitrogens with one attached hydrogen (secondary N) is 2. The number of aromatic nitrogens is 4. The number of likely N-dealkylation sites (tertiary alicyclic amines) is 1. The molecule has 1 aliphatic heterocycles. The molecule has 8 rings (SSSR count). The number of aromatic amines is 2. The van der Waals surface area contributed by atoms with Crippen LogP contribution in [-0.4, -0.2) is 57.3 Å². The van der Waals surface area contributed by atoms with Crippen molar-refractivity contribution in [2.75, 3.05) is 20.8 Å². The quantitative estimate of drug-likeness (QED) is 0.107. The van der Waals surface area contributed by atoms with E-state index in [-0.39, 0.29) is 23.8 Å². The maximum atomic E-state index is 13.4. The van der Waals surface area contributed by atoms with E-state index in [0.717, 1.165) is 95.4 Å². The van der Waals surface area contributed by atoms with E-state index in [1.54, 1.807) is 14.2 Å². The van der Waals surface area contributed by atoms with E-state index in [1.165, 1.54) is 0 Å². The van der Waals surface area contributed by atoms with E-state index in [9.17, 15) is 9.59 Å². The highest BCUT2D eigenvalue weighted by Crippen LogP contribution is 2.41. The summed E-state index contributed by atoms with van der Waals surface area (Å²) in [5.74, 6) is 5.25. The first-order valence-electron chi connectivity index (χ1n) is 20.0. The lowest BCUT2D eigenvalue weighted by Gasteiger charge is -2.23. The van der Waals surface area contributed by atoms with Gasteiger partial charge in [-0.25, -0.2) is 9.97 Å². The van der Waals surface area contributed by atoms with Crippen LogP contribution < -0.4 is 14.2 Å². The van der Waals surface area contributed by atoms with Crippen molar-refractivity contribution in [3.8, 4) is 45.5 Å². The average molecular weight is 764 g/mol. The maximum absolute atomic E-state index is 13.4. The summed E-state index contributed by atoms with van der Waals surface area (Å²) in [4.78, 5) is 45.2. The van der Waals surface area contributed by atoms with Crippen LogP contribution in [-0.2, 0) is 22.4 Å². The van der Waals surface area contributed by atoms with Crippen LogP contribution in [0, 0.1) is 5.92 Å². The van der Waals surface area contributed by atoms with E-state index in [2.05, 4.69) is 9.97 Å². The Balaban J connectivity index is 0.868. The number of Topliss-reactive ketones (excluding diaryl/α,β-unsaturated/α-hetero) is 1. The van der Waals surface area contributed by atoms with Crippen molar-refractivity contribution in [1.29, 1.82) is 0 Å². The van der Waals surface area contributed by atoms with Gasteiger partial charge in [0.2, 0.25) is 5.91 Å². The fourth-order valence-corrected chi connectivity index (χ4v) is 8.42. The molecule has 10 heteroatoms. The number of hydrogen-bond donors (Lipinski definition) is 2. The first-order valence-corrected chi connectivity index (χ1v) is 20.0. The zero-order valence-electron chi connectivity index (χ0n) is 32.6. The zero-order valence-corrected chi connectivity index (χ0v) is 32.6. The minimum Gasteiger partial charge on any atom is -0.497 e. The summed E-state index contributed by atoms with van der Waals surface area (Å²) in [6.07, 6.45) is 10.7. The van der Waals surface area contributed by atoms with Gasteiger partial charge in [-0.05, 0) is 116 Å². The number of imidazole rings is 2. The second-order valence-electron chi connectivity index (χ2n) is 15.1. The van der Waals surface area contributed by atoms with Crippen molar-refractivity contribution in [2.24, 2.45) is 5.92 Å². The third-order valence-electron chi connectivity index (χ3n) is 11.5. The van der Waals surface area contributed by atoms with Gasteiger partial charge in [-0.1, -0.05) is 42.8 Å². The number of ether oxygens (including phenoxy) is 3. The Labute approximate surface area is 333 Å². The van der Waals surface area contributed by atoms with Gasteiger partial charge < -0.3 is 29.1 Å². The summed E-state index contributed by atoms with van der Waals surface area (Å²) in [5, 5.41) is 0. The Morgan fingerprint density at radius 3 is 2.05 bits per heavy atom. The van der Waals surface area contributed by atoms with Crippen molar-refractivity contribution in [3.05, 3.63) is 132 Å². The van der Waals surface area contributed by atoms with Crippen LogP contribution in [0.3, 0.4) is 0 Å². The molecule has 0 bridgehead atoms. The Morgan fingerprint density at radius 1 is 0.667 bits per heavy atom. The number of rotatable bonds is 15. The highest BCUT2D eigenvalue weighted by Gasteiger charge is 2.35. The van der Waals surface area contributed by atoms with Gasteiger partial charge >= 0.3 is 0 Å². The Bertz CT molecular complexity index is 2310. The van der Waals surface area contributed by atoms with Crippen LogP contribution in [0.2, 0.25) is 0 Å². The molecule has 292 valence electrons. The van der Waals surface area contributed by atoms with Gasteiger partial charge in [0.05, 0.1) is 44.0 Å². The number of carbonyl (C=O) groups excluding carboxylic acids is 2. The SMILES string of the molecule is COc1cccc(CCC(=O)C2CCC[C@H]2c2ncc(-c3cccc(Oc4ccc(-c5cnc([C@@H]6CCCN6C(=O)CCc6cccc(OC)c6)[nH]5)cc4)c3)[nH]2)c1. The average Bonchev–Trinajstić information content (AvgIpc) is 4.10. The molecule has 1 saturated carbocycles. The number of ketones is 1. The second kappa shape index (κ2) is 17.3. The Kier molecular flexibility index (Phi) is 11.5. The summed E-state index contributed by atoms with van der Waals surface area (Å²) in [5.41, 5.74) is 5.94. The largest absolute Gasteiger partial charge is 0.497 e. The van der Waals surface area contributed by atoms with E-state index in [1.807, 2.05) is 114 Å². The standard InChI is InChI=1S/C47H49N5O5/c1-55-36-11-3-8-31(26-36)17-23-44(53)39-14-6-15-40(39)46-48-30-42(50-46)34-10-5-13-38(28-34)57-35-21-19-33(20-22-35)41-29-49-47(51-41)43-16-7-25-52(43)45(54)24-18-32-9-4-12-37(27-32)56-2/h3-5,8-13,19-22,26-30,39-40,43H,6-7,14-18,23-25H2,1-2H3,(H,48,50)(H,49,51)/t39?,40-,43+/m1/s1. The predicted molar refractivity (Wildman–Crippen MR) is 220 cm³/mol. The lowest BCUT2D eigenvalue weighted by Crippen LogP contribution is -2.31. The van der Waals surface area contributed by atoms with Gasteiger partial charge in [0.1, 0.15) is 40.4 Å². The molecule has 0 radical (unpaired) electrons. The van der Waals surface area contributed by atoms with Crippen LogP contribution >= 0.6 is 0 Å². The minimum atomic E-state index is -0.0603. The Morgan fingerprint density at radius 2 is 1.32 bits per heavy atom. The van der Waals surface area contributed by atoms with Crippen LogP contribution in [0.1, 0.15) is 79.7 Å². The molecule has 1 saturated heterocycles. The maximum Gasteiger partial charge on any atom is 0.223 e. The normalized spacial score (nSPS) is 17.8. The van der Waals surface area contributed by atoms with Gasteiger partial charge in [-0.15, -0.1) is 0 Å². The van der Waals surface area contributed by atoms with E-state index in [0.29, 0.717) is 43.0 Å². The number of hydrogen-bond acceptors (Lipinski definition) is 7. The highest BCUT2D eigenvalue weighted by molar-refractivity contribution is 5.82. The molecule has 1 unspecified atom stereocenters. The topological polar surface area (TPSA) is 122 Å². The van der Waals surface area contributed by atoms with Crippen LogP contribution in [0.5, 0.6) is 23.0 Å². The molecule has 2 aliphatic rings. The zero-order chi connectivity index (χ0) is 39.1. The molecule has 57 heavy (non-hydrogen) atoms. The lowest BCUT2D eigenvalue weighted by atomic mass is 9.88. The third-order valence-corrected chi connectivity index (χ3v) is 11.5. The molecular weight excluding hydrogens is 715 g/mol. The second-order valence-corrected chi connectivity index (χ2v) is 15.1. The molecule has 3 heterocycles. The Hall–Kier alpha value is -6.16. The number of methoxy groups -OCH3 is 2. The molecule has 1 amide bonds. The molecule has 3 atom stereocenters. The summed E-state index contributed by atoms with van der Waals surface area (Å²) in [6.45, 7) is 0.737. The molecular formula is C47H49N5O5. The van der Waals surface area contributed by atoms with Crippen molar-refractivity contribution in [2.45, 2.75) is 69.7 Å². The monoisotopic (exact) mass is 763 g/mol. The van der Waals surface area contributed by atoms with Gasteiger partial charge in [0.15, 0.2) is 0 Å². The van der Waals surface area contributed by atoms with Gasteiger partial charge in [0, 0.05) is 36.8 Å². The van der Waals surface area contributed by atoms with Gasteiger partial charge in [-0.3, -0.25) is 9.59 Å². The van der Waals surface area contributed by atoms with E-state index < -0.39 is 0 Å². The molecule has 4 aromatic carbocycles. The van der Waals surface area contributed by atoms with Gasteiger partial charge in [-0.2, -0.15) is 0 Å². The first-order chi connectivity index (χ1) is 27.9. The van der Waals surface area contributed by atoms with Gasteiger partial charge in [0.25, 0.3) is 0 Å². The smallest absolute Gasteiger partial charge is 0.223 e. The fourth-order valence-electron chi connectivity index (χ4n) is 8.42. The molecule has 2 fully saturated rings. The number of benzene rings is 4. The molecule has 1 aliphatic carbocycles. The predicted octanol–water partition coefficient (Wildman–Crippen LogP) is 9.66. The van der Waals surface area contributed by atoms with E-state index in [4.69, 9.17) is 24.2 Å². The number of nitrogens with zero attached hydrogens (tertiary/aromatic N) is 3. The van der Waals surface area contributed by atoms with Crippen LogP contribution in [0.15, 0.2) is 109 Å². The van der Waals surface area contributed by atoms with Crippen molar-refractivity contribution in [1.82, 2.24) is 24.8 Å². The van der Waals surface area contributed by atoms with Crippen molar-refractivity contribution >= 4 is 11.7 Å². The molecule has 2 N–H and O–H groups in total. The summed E-state index contributed by atoms with van der Waals surface area (Å²) in [7, 11) is 3.32. The molecule has 2 aromatic heterocycles. The number of H-pyrrole nitrogens is 2. The first kappa shape index (κ1) is 37.7. The lowest BCUT2D eigenvalue weighted by molar-refractivity contribution is -0.132. The summed E-state index contributed by atoms with van der Waals surface area (Å²) in [6, 6.07) is 31.7. The molecule has 10 nitrogen and oxygen atoms in total. The van der Waals surface area contributed by atoms with Crippen molar-refractivity contribution < 1.29 is 23.8 Å². The van der Waals surface area contributed by atoms with Crippen molar-refractivity contribution in [3.63, 3.8) is 0 Å². The highest BCUT2D eigenvalue weighted by atomic mass is 16.5.